The van der Waals surface area contributed by atoms with E-state index in [0.717, 1.165) is 11.3 Å². The fourth-order valence-corrected chi connectivity index (χ4v) is 2.65. The van der Waals surface area contributed by atoms with Crippen LogP contribution in [0.5, 0.6) is 5.75 Å². The zero-order valence-corrected chi connectivity index (χ0v) is 14.8. The van der Waals surface area contributed by atoms with E-state index in [1.165, 1.54) is 11.3 Å². The minimum Gasteiger partial charge on any atom is -0.494 e. The van der Waals surface area contributed by atoms with Crippen molar-refractivity contribution < 1.29 is 9.53 Å². The highest BCUT2D eigenvalue weighted by Crippen LogP contribution is 2.25. The lowest BCUT2D eigenvalue weighted by molar-refractivity contribution is -0.120. The summed E-state index contributed by atoms with van der Waals surface area (Å²) >= 11 is 7.36. The fraction of sp³-hybridized carbons (Fsp3) is 0.400. The SMILES string of the molecule is CCOc1ccc(Cl)cc1CN(C)C(C)C(=O)Nc1nncs1. The second-order valence-corrected chi connectivity index (χ2v) is 6.28. The maximum absolute atomic E-state index is 12.2. The van der Waals surface area contributed by atoms with Gasteiger partial charge in [-0.3, -0.25) is 15.0 Å². The number of nitrogens with zero attached hydrogens (tertiary/aromatic N) is 3. The molecule has 0 saturated heterocycles. The van der Waals surface area contributed by atoms with Gasteiger partial charge in [-0.15, -0.1) is 10.2 Å². The molecule has 2 rings (SSSR count). The summed E-state index contributed by atoms with van der Waals surface area (Å²) in [4.78, 5) is 14.2. The van der Waals surface area contributed by atoms with Crippen molar-refractivity contribution >= 4 is 34.0 Å². The molecule has 8 heteroatoms. The quantitative estimate of drug-likeness (QED) is 0.827. The smallest absolute Gasteiger partial charge is 0.243 e. The third-order valence-corrected chi connectivity index (χ3v) is 4.21. The summed E-state index contributed by atoms with van der Waals surface area (Å²) in [6, 6.07) is 5.16. The van der Waals surface area contributed by atoms with Crippen molar-refractivity contribution in [2.75, 3.05) is 19.0 Å². The number of benzene rings is 1. The molecule has 0 aliphatic rings. The minimum atomic E-state index is -0.340. The van der Waals surface area contributed by atoms with Crippen molar-refractivity contribution in [2.45, 2.75) is 26.4 Å². The van der Waals surface area contributed by atoms with Gasteiger partial charge in [-0.05, 0) is 39.1 Å². The zero-order chi connectivity index (χ0) is 16.8. The van der Waals surface area contributed by atoms with Gasteiger partial charge < -0.3 is 4.74 Å². The van der Waals surface area contributed by atoms with Gasteiger partial charge in [-0.25, -0.2) is 0 Å². The number of ether oxygens (including phenoxy) is 1. The summed E-state index contributed by atoms with van der Waals surface area (Å²) in [7, 11) is 1.88. The first kappa shape index (κ1) is 17.7. The van der Waals surface area contributed by atoms with Crippen molar-refractivity contribution in [1.29, 1.82) is 0 Å². The molecule has 0 bridgehead atoms. The molecular formula is C15H19ClN4O2S. The average Bonchev–Trinajstić information content (AvgIpc) is 3.02. The van der Waals surface area contributed by atoms with Gasteiger partial charge in [0.15, 0.2) is 0 Å². The highest BCUT2D eigenvalue weighted by atomic mass is 35.5. The van der Waals surface area contributed by atoms with Crippen LogP contribution in [-0.4, -0.2) is 40.7 Å². The monoisotopic (exact) mass is 354 g/mol. The van der Waals surface area contributed by atoms with Crippen molar-refractivity contribution in [3.8, 4) is 5.75 Å². The highest BCUT2D eigenvalue weighted by molar-refractivity contribution is 7.13. The predicted octanol–water partition coefficient (Wildman–Crippen LogP) is 3.05. The molecule has 6 nitrogen and oxygen atoms in total. The van der Waals surface area contributed by atoms with Crippen LogP contribution in [0.4, 0.5) is 5.13 Å². The van der Waals surface area contributed by atoms with Gasteiger partial charge in [0, 0.05) is 17.1 Å². The van der Waals surface area contributed by atoms with Crippen LogP contribution in [0.25, 0.3) is 0 Å². The molecule has 1 aromatic heterocycles. The van der Waals surface area contributed by atoms with Crippen LogP contribution < -0.4 is 10.1 Å². The molecule has 1 amide bonds. The number of hydrogen-bond acceptors (Lipinski definition) is 6. The Morgan fingerprint density at radius 3 is 2.96 bits per heavy atom. The molecule has 1 N–H and O–H groups in total. The molecule has 0 spiro atoms. The number of carbonyl (C=O) groups is 1. The molecule has 0 fully saturated rings. The lowest BCUT2D eigenvalue weighted by Crippen LogP contribution is -2.39. The highest BCUT2D eigenvalue weighted by Gasteiger charge is 2.20. The van der Waals surface area contributed by atoms with Gasteiger partial charge in [-0.2, -0.15) is 0 Å². The minimum absolute atomic E-state index is 0.135. The van der Waals surface area contributed by atoms with Gasteiger partial charge in [0.05, 0.1) is 12.6 Å². The van der Waals surface area contributed by atoms with Crippen LogP contribution in [0, 0.1) is 0 Å². The Kier molecular flexibility index (Phi) is 6.32. The van der Waals surface area contributed by atoms with E-state index in [2.05, 4.69) is 15.5 Å². The lowest BCUT2D eigenvalue weighted by Gasteiger charge is -2.24. The summed E-state index contributed by atoms with van der Waals surface area (Å²) in [6.07, 6.45) is 0. The Balaban J connectivity index is 2.04. The van der Waals surface area contributed by atoms with E-state index in [0.29, 0.717) is 23.3 Å². The lowest BCUT2D eigenvalue weighted by atomic mass is 10.1. The van der Waals surface area contributed by atoms with Crippen LogP contribution in [0.2, 0.25) is 5.02 Å². The molecule has 1 atom stereocenters. The molecule has 2 aromatic rings. The third kappa shape index (κ3) is 4.89. The van der Waals surface area contributed by atoms with Crippen LogP contribution in [0.15, 0.2) is 23.7 Å². The predicted molar refractivity (Wildman–Crippen MR) is 92.1 cm³/mol. The summed E-state index contributed by atoms with van der Waals surface area (Å²) in [5.74, 6) is 0.643. The molecule has 0 aliphatic heterocycles. The molecule has 23 heavy (non-hydrogen) atoms. The molecule has 1 unspecified atom stereocenters. The number of likely N-dealkylation sites (N-methyl/N-ethyl adjacent to an activating group) is 1. The molecule has 124 valence electrons. The van der Waals surface area contributed by atoms with Crippen LogP contribution in [-0.2, 0) is 11.3 Å². The topological polar surface area (TPSA) is 67.3 Å². The molecule has 0 aliphatic carbocycles. The van der Waals surface area contributed by atoms with Gasteiger partial charge in [0.2, 0.25) is 11.0 Å². The van der Waals surface area contributed by atoms with E-state index in [1.807, 2.05) is 37.9 Å². The van der Waals surface area contributed by atoms with E-state index in [9.17, 15) is 4.79 Å². The Labute approximate surface area is 144 Å². The van der Waals surface area contributed by atoms with E-state index < -0.39 is 0 Å². The molecule has 0 saturated carbocycles. The number of aromatic nitrogens is 2. The first-order chi connectivity index (χ1) is 11.0. The number of nitrogens with one attached hydrogen (secondary N) is 1. The Hall–Kier alpha value is -1.70. The average molecular weight is 355 g/mol. The van der Waals surface area contributed by atoms with Crippen molar-refractivity contribution in [2.24, 2.45) is 0 Å². The number of halogens is 1. The normalized spacial score (nSPS) is 12.2. The Bertz CT molecular complexity index is 651. The first-order valence-electron chi connectivity index (χ1n) is 7.19. The van der Waals surface area contributed by atoms with Crippen LogP contribution >= 0.6 is 22.9 Å². The van der Waals surface area contributed by atoms with Crippen LogP contribution in [0.3, 0.4) is 0 Å². The standard InChI is InChI=1S/C15H19ClN4O2S/c1-4-22-13-6-5-12(16)7-11(13)8-20(3)10(2)14(21)18-15-19-17-9-23-15/h5-7,9-10H,4,8H2,1-3H3,(H,18,19,21). The number of carbonyl (C=O) groups excluding carboxylic acids is 1. The maximum atomic E-state index is 12.2. The van der Waals surface area contributed by atoms with E-state index in [4.69, 9.17) is 16.3 Å². The second-order valence-electron chi connectivity index (χ2n) is 5.01. The van der Waals surface area contributed by atoms with Gasteiger partial charge in [-0.1, -0.05) is 22.9 Å². The van der Waals surface area contributed by atoms with E-state index in [1.54, 1.807) is 11.6 Å². The van der Waals surface area contributed by atoms with Gasteiger partial charge in [0.1, 0.15) is 11.3 Å². The van der Waals surface area contributed by atoms with Crippen molar-refractivity contribution in [3.63, 3.8) is 0 Å². The molecule has 0 radical (unpaired) electrons. The summed E-state index contributed by atoms with van der Waals surface area (Å²) in [6.45, 7) is 4.88. The zero-order valence-electron chi connectivity index (χ0n) is 13.2. The van der Waals surface area contributed by atoms with Gasteiger partial charge in [0.25, 0.3) is 0 Å². The van der Waals surface area contributed by atoms with Gasteiger partial charge >= 0.3 is 0 Å². The summed E-state index contributed by atoms with van der Waals surface area (Å²) in [5, 5.41) is 11.4. The number of rotatable bonds is 7. The van der Waals surface area contributed by atoms with Crippen LogP contribution in [0.1, 0.15) is 19.4 Å². The molecule has 1 heterocycles. The maximum Gasteiger partial charge on any atom is 0.243 e. The summed E-state index contributed by atoms with van der Waals surface area (Å²) in [5.41, 5.74) is 2.52. The molecule has 1 aromatic carbocycles. The Morgan fingerprint density at radius 1 is 1.52 bits per heavy atom. The van der Waals surface area contributed by atoms with Crippen molar-refractivity contribution in [1.82, 2.24) is 15.1 Å². The van der Waals surface area contributed by atoms with E-state index in [-0.39, 0.29) is 11.9 Å². The largest absolute Gasteiger partial charge is 0.494 e. The number of anilines is 1. The molecular weight excluding hydrogens is 336 g/mol. The second kappa shape index (κ2) is 8.24. The first-order valence-corrected chi connectivity index (χ1v) is 8.45. The third-order valence-electron chi connectivity index (χ3n) is 3.37. The van der Waals surface area contributed by atoms with E-state index >= 15 is 0 Å². The number of hydrogen-bond donors (Lipinski definition) is 1. The summed E-state index contributed by atoms with van der Waals surface area (Å²) < 4.78 is 5.62. The fourth-order valence-electron chi connectivity index (χ4n) is 2.01. The Morgan fingerprint density at radius 2 is 2.30 bits per heavy atom. The number of amides is 1. The van der Waals surface area contributed by atoms with Crippen molar-refractivity contribution in [3.05, 3.63) is 34.3 Å².